The highest BCUT2D eigenvalue weighted by Gasteiger charge is 2.07. The number of hydrogen-bond donors (Lipinski definition) is 1. The maximum atomic E-state index is 6.07. The average Bonchev–Trinajstić information content (AvgIpc) is 2.86. The first-order chi connectivity index (χ1) is 9.22. The minimum Gasteiger partial charge on any atom is -0.430 e. The number of nitrogens with one attached hydrogen (secondary N) is 1. The van der Waals surface area contributed by atoms with E-state index in [0.717, 1.165) is 40.9 Å². The van der Waals surface area contributed by atoms with Crippen LogP contribution >= 0.6 is 22.9 Å². The Morgan fingerprint density at radius 3 is 2.89 bits per heavy atom. The van der Waals surface area contributed by atoms with Gasteiger partial charge in [-0.15, -0.1) is 5.10 Å². The molecule has 0 bridgehead atoms. The molecule has 0 radical (unpaired) electrons. The lowest BCUT2D eigenvalue weighted by Crippen LogP contribution is -2.11. The van der Waals surface area contributed by atoms with E-state index < -0.39 is 0 Å². The average molecular weight is 298 g/mol. The summed E-state index contributed by atoms with van der Waals surface area (Å²) in [6, 6.07) is 5.62. The minimum absolute atomic E-state index is 0.553. The normalized spacial score (nSPS) is 10.7. The predicted octanol–water partition coefficient (Wildman–Crippen LogP) is 3.66. The molecule has 6 heteroatoms. The Labute approximate surface area is 121 Å². The monoisotopic (exact) mass is 297 g/mol. The van der Waals surface area contributed by atoms with Gasteiger partial charge in [-0.05, 0) is 36.7 Å². The molecule has 0 saturated heterocycles. The van der Waals surface area contributed by atoms with Gasteiger partial charge in [0.2, 0.25) is 0 Å². The maximum Gasteiger partial charge on any atom is 0.299 e. The smallest absolute Gasteiger partial charge is 0.299 e. The van der Waals surface area contributed by atoms with Crippen LogP contribution < -0.4 is 10.1 Å². The zero-order valence-electron chi connectivity index (χ0n) is 10.9. The molecular weight excluding hydrogens is 282 g/mol. The molecule has 0 aliphatic heterocycles. The first-order valence-corrected chi connectivity index (χ1v) is 7.41. The van der Waals surface area contributed by atoms with Crippen molar-refractivity contribution in [2.24, 2.45) is 0 Å². The van der Waals surface area contributed by atoms with Crippen molar-refractivity contribution in [3.63, 3.8) is 0 Å². The van der Waals surface area contributed by atoms with Crippen LogP contribution in [0, 0.1) is 0 Å². The van der Waals surface area contributed by atoms with Gasteiger partial charge in [0.25, 0.3) is 5.19 Å². The van der Waals surface area contributed by atoms with Gasteiger partial charge in [-0.25, -0.2) is 0 Å². The first kappa shape index (κ1) is 14.2. The second-order valence-corrected chi connectivity index (χ2v) is 5.38. The van der Waals surface area contributed by atoms with Crippen LogP contribution in [0.2, 0.25) is 5.02 Å². The van der Waals surface area contributed by atoms with Crippen molar-refractivity contribution >= 4 is 22.9 Å². The lowest BCUT2D eigenvalue weighted by Gasteiger charge is -2.05. The van der Waals surface area contributed by atoms with E-state index in [2.05, 4.69) is 29.4 Å². The maximum absolute atomic E-state index is 6.07. The topological polar surface area (TPSA) is 47.0 Å². The lowest BCUT2D eigenvalue weighted by molar-refractivity contribution is 0.472. The summed E-state index contributed by atoms with van der Waals surface area (Å²) in [7, 11) is 0. The molecule has 0 aliphatic carbocycles. The van der Waals surface area contributed by atoms with Crippen LogP contribution in [0.25, 0.3) is 0 Å². The first-order valence-electron chi connectivity index (χ1n) is 6.22. The van der Waals surface area contributed by atoms with E-state index in [-0.39, 0.29) is 0 Å². The number of ether oxygens (including phenoxy) is 1. The van der Waals surface area contributed by atoms with Crippen LogP contribution in [-0.2, 0) is 13.0 Å². The van der Waals surface area contributed by atoms with Gasteiger partial charge in [0, 0.05) is 11.6 Å². The number of hydrogen-bond acceptors (Lipinski definition) is 5. The van der Waals surface area contributed by atoms with Crippen LogP contribution in [0.15, 0.2) is 18.2 Å². The Morgan fingerprint density at radius 1 is 1.32 bits per heavy atom. The number of halogens is 1. The molecule has 0 atom stereocenters. The van der Waals surface area contributed by atoms with E-state index in [1.165, 1.54) is 11.3 Å². The van der Waals surface area contributed by atoms with Gasteiger partial charge >= 0.3 is 0 Å². The number of aromatic nitrogens is 2. The summed E-state index contributed by atoms with van der Waals surface area (Å²) in [5, 5.41) is 13.5. The molecule has 2 rings (SSSR count). The van der Waals surface area contributed by atoms with E-state index in [4.69, 9.17) is 16.3 Å². The molecule has 0 unspecified atom stereocenters. The fourth-order valence-electron chi connectivity index (χ4n) is 1.57. The van der Waals surface area contributed by atoms with Crippen LogP contribution in [-0.4, -0.2) is 16.7 Å². The fourth-order valence-corrected chi connectivity index (χ4v) is 2.50. The standard InChI is InChI=1S/C13H16ClN3OS/c1-3-9-7-10(5-6-11(9)14)18-13-17-16-12(19-13)8-15-4-2/h5-7,15H,3-4,8H2,1-2H3. The molecule has 0 saturated carbocycles. The van der Waals surface area contributed by atoms with Crippen LogP contribution in [0.3, 0.4) is 0 Å². The van der Waals surface area contributed by atoms with Crippen molar-refractivity contribution in [3.8, 4) is 10.9 Å². The van der Waals surface area contributed by atoms with Gasteiger partial charge in [0.05, 0.1) is 0 Å². The summed E-state index contributed by atoms with van der Waals surface area (Å²) in [6.07, 6.45) is 0.873. The number of rotatable bonds is 6. The highest BCUT2D eigenvalue weighted by Crippen LogP contribution is 2.28. The summed E-state index contributed by atoms with van der Waals surface area (Å²) < 4.78 is 5.69. The third kappa shape index (κ3) is 3.89. The zero-order valence-corrected chi connectivity index (χ0v) is 12.5. The van der Waals surface area contributed by atoms with E-state index in [1.54, 1.807) is 0 Å². The van der Waals surface area contributed by atoms with Gasteiger partial charge in [0.15, 0.2) is 0 Å². The summed E-state index contributed by atoms with van der Waals surface area (Å²) in [5.41, 5.74) is 1.07. The van der Waals surface area contributed by atoms with Crippen LogP contribution in [0.4, 0.5) is 0 Å². The summed E-state index contributed by atoms with van der Waals surface area (Å²) >= 11 is 7.52. The lowest BCUT2D eigenvalue weighted by atomic mass is 10.2. The van der Waals surface area contributed by atoms with Crippen molar-refractivity contribution < 1.29 is 4.74 Å². The number of nitrogens with zero attached hydrogens (tertiary/aromatic N) is 2. The molecule has 1 heterocycles. The SMILES string of the molecule is CCNCc1nnc(Oc2ccc(Cl)c(CC)c2)s1. The molecular formula is C13H16ClN3OS. The zero-order chi connectivity index (χ0) is 13.7. The second kappa shape index (κ2) is 6.84. The Balaban J connectivity index is 2.06. The van der Waals surface area contributed by atoms with Gasteiger partial charge in [0.1, 0.15) is 10.8 Å². The molecule has 4 nitrogen and oxygen atoms in total. The van der Waals surface area contributed by atoms with Gasteiger partial charge < -0.3 is 10.1 Å². The molecule has 102 valence electrons. The molecule has 2 aromatic rings. The van der Waals surface area contributed by atoms with Crippen LogP contribution in [0.5, 0.6) is 10.9 Å². The molecule has 1 N–H and O–H groups in total. The quantitative estimate of drug-likeness (QED) is 0.884. The summed E-state index contributed by atoms with van der Waals surface area (Å²) in [5.74, 6) is 0.743. The number of benzene rings is 1. The van der Waals surface area contributed by atoms with Crippen molar-refractivity contribution in [2.75, 3.05) is 6.54 Å². The molecule has 1 aromatic heterocycles. The third-order valence-electron chi connectivity index (χ3n) is 2.58. The Bertz CT molecular complexity index is 544. The molecule has 0 spiro atoms. The summed E-state index contributed by atoms with van der Waals surface area (Å²) in [6.45, 7) is 5.74. The fraction of sp³-hybridized carbons (Fsp3) is 0.385. The van der Waals surface area contributed by atoms with Crippen LogP contribution in [0.1, 0.15) is 24.4 Å². The van der Waals surface area contributed by atoms with E-state index >= 15 is 0 Å². The van der Waals surface area contributed by atoms with Gasteiger partial charge in [-0.3, -0.25) is 0 Å². The Kier molecular flexibility index (Phi) is 5.13. The van der Waals surface area contributed by atoms with Crippen molar-refractivity contribution in [1.29, 1.82) is 0 Å². The number of aryl methyl sites for hydroxylation is 1. The Morgan fingerprint density at radius 2 is 2.16 bits per heavy atom. The highest BCUT2D eigenvalue weighted by atomic mass is 35.5. The van der Waals surface area contributed by atoms with E-state index in [1.807, 2.05) is 18.2 Å². The third-order valence-corrected chi connectivity index (χ3v) is 3.75. The molecule has 0 fully saturated rings. The Hall–Kier alpha value is -1.17. The molecule has 0 amide bonds. The van der Waals surface area contributed by atoms with Crippen molar-refractivity contribution in [2.45, 2.75) is 26.8 Å². The molecule has 1 aromatic carbocycles. The van der Waals surface area contributed by atoms with Crippen molar-refractivity contribution in [1.82, 2.24) is 15.5 Å². The summed E-state index contributed by atoms with van der Waals surface area (Å²) in [4.78, 5) is 0. The largest absolute Gasteiger partial charge is 0.430 e. The molecule has 0 aliphatic rings. The van der Waals surface area contributed by atoms with E-state index in [0.29, 0.717) is 5.19 Å². The van der Waals surface area contributed by atoms with Crippen molar-refractivity contribution in [3.05, 3.63) is 33.8 Å². The van der Waals surface area contributed by atoms with Gasteiger partial charge in [-0.2, -0.15) is 0 Å². The predicted molar refractivity (Wildman–Crippen MR) is 78.2 cm³/mol. The molecule has 19 heavy (non-hydrogen) atoms. The van der Waals surface area contributed by atoms with E-state index in [9.17, 15) is 0 Å². The second-order valence-electron chi connectivity index (χ2n) is 3.95. The minimum atomic E-state index is 0.553. The van der Waals surface area contributed by atoms with Gasteiger partial charge in [-0.1, -0.05) is 41.9 Å². The highest BCUT2D eigenvalue weighted by molar-refractivity contribution is 7.13.